The molecule has 2 saturated heterocycles. The first-order chi connectivity index (χ1) is 13.6. The Kier molecular flexibility index (Phi) is 7.59. The van der Waals surface area contributed by atoms with Crippen LogP contribution in [0, 0.1) is 11.8 Å². The summed E-state index contributed by atoms with van der Waals surface area (Å²) in [7, 11) is 0. The number of rotatable bonds is 7. The summed E-state index contributed by atoms with van der Waals surface area (Å²) in [5.41, 5.74) is 0. The SMILES string of the molecule is CC(CC(=O)NCCC(=O)N1CCN(c2ncccn2)CC1)C1CCNCC1. The van der Waals surface area contributed by atoms with Crippen LogP contribution in [0.5, 0.6) is 0 Å². The topological polar surface area (TPSA) is 90.5 Å². The van der Waals surface area contributed by atoms with Crippen molar-refractivity contribution in [2.75, 3.05) is 50.7 Å². The third kappa shape index (κ3) is 5.89. The highest BCUT2D eigenvalue weighted by Gasteiger charge is 2.23. The fourth-order valence-corrected chi connectivity index (χ4v) is 4.02. The highest BCUT2D eigenvalue weighted by molar-refractivity contribution is 5.79. The van der Waals surface area contributed by atoms with E-state index < -0.39 is 0 Å². The van der Waals surface area contributed by atoms with Gasteiger partial charge in [-0.2, -0.15) is 0 Å². The summed E-state index contributed by atoms with van der Waals surface area (Å²) in [4.78, 5) is 37.1. The fraction of sp³-hybridized carbons (Fsp3) is 0.700. The lowest BCUT2D eigenvalue weighted by Crippen LogP contribution is -2.49. The Labute approximate surface area is 167 Å². The predicted molar refractivity (Wildman–Crippen MR) is 108 cm³/mol. The number of hydrogen-bond donors (Lipinski definition) is 2. The van der Waals surface area contributed by atoms with Gasteiger partial charge in [0.05, 0.1) is 0 Å². The molecule has 0 radical (unpaired) electrons. The van der Waals surface area contributed by atoms with Gasteiger partial charge in [-0.1, -0.05) is 6.92 Å². The highest BCUT2D eigenvalue weighted by Crippen LogP contribution is 2.24. The van der Waals surface area contributed by atoms with Crippen molar-refractivity contribution in [2.24, 2.45) is 11.8 Å². The van der Waals surface area contributed by atoms with Crippen LogP contribution in [-0.4, -0.2) is 72.5 Å². The number of amides is 2. The number of aromatic nitrogens is 2. The van der Waals surface area contributed by atoms with Gasteiger partial charge in [0.25, 0.3) is 0 Å². The maximum absolute atomic E-state index is 12.4. The van der Waals surface area contributed by atoms with E-state index in [-0.39, 0.29) is 11.8 Å². The van der Waals surface area contributed by atoms with Gasteiger partial charge in [-0.15, -0.1) is 0 Å². The van der Waals surface area contributed by atoms with Crippen molar-refractivity contribution in [2.45, 2.75) is 32.6 Å². The molecule has 2 aliphatic heterocycles. The van der Waals surface area contributed by atoms with Gasteiger partial charge in [0.1, 0.15) is 0 Å². The lowest BCUT2D eigenvalue weighted by atomic mass is 9.84. The summed E-state index contributed by atoms with van der Waals surface area (Å²) in [5, 5.41) is 6.28. The number of nitrogens with zero attached hydrogens (tertiary/aromatic N) is 4. The van der Waals surface area contributed by atoms with Crippen LogP contribution in [0.15, 0.2) is 18.5 Å². The van der Waals surface area contributed by atoms with Crippen molar-refractivity contribution in [3.63, 3.8) is 0 Å². The summed E-state index contributed by atoms with van der Waals surface area (Å²) >= 11 is 0. The van der Waals surface area contributed by atoms with Gasteiger partial charge in [-0.05, 0) is 43.8 Å². The third-order valence-corrected chi connectivity index (χ3v) is 5.82. The number of nitrogens with one attached hydrogen (secondary N) is 2. The molecule has 2 aliphatic rings. The first-order valence-electron chi connectivity index (χ1n) is 10.4. The number of carbonyl (C=O) groups excluding carboxylic acids is 2. The van der Waals surface area contributed by atoms with Crippen molar-refractivity contribution < 1.29 is 9.59 Å². The van der Waals surface area contributed by atoms with E-state index in [0.717, 1.165) is 39.0 Å². The summed E-state index contributed by atoms with van der Waals surface area (Å²) in [6, 6.07) is 1.80. The van der Waals surface area contributed by atoms with Gasteiger partial charge in [0.2, 0.25) is 17.8 Å². The van der Waals surface area contributed by atoms with Crippen LogP contribution in [0.25, 0.3) is 0 Å². The van der Waals surface area contributed by atoms with Crippen LogP contribution in [0.1, 0.15) is 32.6 Å². The molecule has 8 heteroatoms. The van der Waals surface area contributed by atoms with Crippen molar-refractivity contribution in [1.82, 2.24) is 25.5 Å². The van der Waals surface area contributed by atoms with Crippen molar-refractivity contribution in [1.29, 1.82) is 0 Å². The zero-order valence-electron chi connectivity index (χ0n) is 16.8. The van der Waals surface area contributed by atoms with E-state index in [2.05, 4.69) is 32.4 Å². The minimum atomic E-state index is 0.0601. The summed E-state index contributed by atoms with van der Waals surface area (Å²) in [6.45, 7) is 7.47. The molecule has 0 saturated carbocycles. The minimum absolute atomic E-state index is 0.0601. The maximum atomic E-state index is 12.4. The average molecular weight is 389 g/mol. The quantitative estimate of drug-likeness (QED) is 0.713. The maximum Gasteiger partial charge on any atom is 0.225 e. The molecule has 1 aromatic heterocycles. The Hall–Kier alpha value is -2.22. The van der Waals surface area contributed by atoms with Crippen molar-refractivity contribution in [3.8, 4) is 0 Å². The first kappa shape index (κ1) is 20.5. The highest BCUT2D eigenvalue weighted by atomic mass is 16.2. The van der Waals surface area contributed by atoms with Gasteiger partial charge in [0, 0.05) is 58.0 Å². The Morgan fingerprint density at radius 1 is 1.18 bits per heavy atom. The minimum Gasteiger partial charge on any atom is -0.356 e. The first-order valence-corrected chi connectivity index (χ1v) is 10.4. The molecule has 2 N–H and O–H groups in total. The Morgan fingerprint density at radius 3 is 2.54 bits per heavy atom. The van der Waals surface area contributed by atoms with E-state index in [1.165, 1.54) is 0 Å². The van der Waals surface area contributed by atoms with Crippen LogP contribution in [-0.2, 0) is 9.59 Å². The summed E-state index contributed by atoms with van der Waals surface area (Å²) in [6.07, 6.45) is 6.66. The zero-order valence-corrected chi connectivity index (χ0v) is 16.8. The number of carbonyl (C=O) groups is 2. The number of piperazine rings is 1. The van der Waals surface area contributed by atoms with Crippen LogP contribution >= 0.6 is 0 Å². The van der Waals surface area contributed by atoms with Crippen LogP contribution in [0.3, 0.4) is 0 Å². The lowest BCUT2D eigenvalue weighted by Gasteiger charge is -2.34. The van der Waals surface area contributed by atoms with E-state index in [1.54, 1.807) is 18.5 Å². The van der Waals surface area contributed by atoms with Gasteiger partial charge in [0.15, 0.2) is 0 Å². The number of hydrogen-bond acceptors (Lipinski definition) is 6. The molecule has 0 bridgehead atoms. The Bertz CT molecular complexity index is 627. The zero-order chi connectivity index (χ0) is 19.8. The molecule has 8 nitrogen and oxygen atoms in total. The van der Waals surface area contributed by atoms with Crippen molar-refractivity contribution in [3.05, 3.63) is 18.5 Å². The second-order valence-electron chi connectivity index (χ2n) is 7.79. The predicted octanol–water partition coefficient (Wildman–Crippen LogP) is 0.657. The van der Waals surface area contributed by atoms with E-state index in [9.17, 15) is 9.59 Å². The molecule has 154 valence electrons. The Balaban J connectivity index is 1.31. The number of piperidine rings is 1. The van der Waals surface area contributed by atoms with E-state index >= 15 is 0 Å². The molecule has 0 aliphatic carbocycles. The monoisotopic (exact) mass is 388 g/mol. The molecule has 0 aromatic carbocycles. The van der Waals surface area contributed by atoms with Crippen LogP contribution in [0.2, 0.25) is 0 Å². The van der Waals surface area contributed by atoms with Gasteiger partial charge in [-0.3, -0.25) is 9.59 Å². The van der Waals surface area contributed by atoms with E-state index in [0.29, 0.717) is 50.3 Å². The van der Waals surface area contributed by atoms with E-state index in [1.807, 2.05) is 4.90 Å². The normalized spacial score (nSPS) is 19.3. The van der Waals surface area contributed by atoms with Crippen LogP contribution in [0.4, 0.5) is 5.95 Å². The molecular formula is C20H32N6O2. The van der Waals surface area contributed by atoms with Gasteiger partial charge >= 0.3 is 0 Å². The third-order valence-electron chi connectivity index (χ3n) is 5.82. The molecule has 1 aromatic rings. The standard InChI is InChI=1S/C20H32N6O2/c1-16(17-3-8-21-9-4-17)15-18(27)22-10-5-19(28)25-11-13-26(14-12-25)20-23-6-2-7-24-20/h2,6-7,16-17,21H,3-5,8-15H2,1H3,(H,22,27). The lowest BCUT2D eigenvalue weighted by molar-refractivity contribution is -0.131. The average Bonchev–Trinajstić information content (AvgIpc) is 2.75. The van der Waals surface area contributed by atoms with Crippen LogP contribution < -0.4 is 15.5 Å². The molecule has 0 spiro atoms. The molecule has 1 unspecified atom stereocenters. The Morgan fingerprint density at radius 2 is 1.86 bits per heavy atom. The molecule has 2 amide bonds. The smallest absolute Gasteiger partial charge is 0.225 e. The molecule has 3 heterocycles. The summed E-state index contributed by atoms with van der Waals surface area (Å²) in [5.74, 6) is 1.89. The molecule has 3 rings (SSSR count). The molecule has 1 atom stereocenters. The second kappa shape index (κ2) is 10.4. The molecule has 2 fully saturated rings. The summed E-state index contributed by atoms with van der Waals surface area (Å²) < 4.78 is 0. The van der Waals surface area contributed by atoms with Gasteiger partial charge < -0.3 is 20.4 Å². The van der Waals surface area contributed by atoms with E-state index in [4.69, 9.17) is 0 Å². The molecule has 28 heavy (non-hydrogen) atoms. The number of anilines is 1. The van der Waals surface area contributed by atoms with Crippen molar-refractivity contribution >= 4 is 17.8 Å². The molecular weight excluding hydrogens is 356 g/mol. The largest absolute Gasteiger partial charge is 0.356 e. The second-order valence-corrected chi connectivity index (χ2v) is 7.79. The van der Waals surface area contributed by atoms with Gasteiger partial charge in [-0.25, -0.2) is 9.97 Å². The fourth-order valence-electron chi connectivity index (χ4n) is 4.02.